The lowest BCUT2D eigenvalue weighted by molar-refractivity contribution is 0.0648. The number of hydrogen-bond donors (Lipinski definition) is 1. The van der Waals surface area contributed by atoms with Crippen LogP contribution in [-0.4, -0.2) is 38.8 Å². The summed E-state index contributed by atoms with van der Waals surface area (Å²) in [4.78, 5) is 7.20. The van der Waals surface area contributed by atoms with Gasteiger partial charge in [-0.3, -0.25) is 4.90 Å². The number of nitrogens with zero attached hydrogens (tertiary/aromatic N) is 3. The van der Waals surface area contributed by atoms with E-state index in [1.165, 1.54) is 11.1 Å². The maximum Gasteiger partial charge on any atom is 0.123 e. The van der Waals surface area contributed by atoms with E-state index in [4.69, 9.17) is 4.74 Å². The summed E-state index contributed by atoms with van der Waals surface area (Å²) in [5, 5.41) is 9.98. The number of ether oxygens (including phenoxy) is 1. The van der Waals surface area contributed by atoms with Gasteiger partial charge in [-0.15, -0.1) is 0 Å². The van der Waals surface area contributed by atoms with Crippen molar-refractivity contribution >= 4 is 0 Å². The van der Waals surface area contributed by atoms with Crippen LogP contribution in [0.3, 0.4) is 0 Å². The van der Waals surface area contributed by atoms with Gasteiger partial charge in [0.25, 0.3) is 0 Å². The van der Waals surface area contributed by atoms with Gasteiger partial charge in [0.05, 0.1) is 19.8 Å². The highest BCUT2D eigenvalue weighted by molar-refractivity contribution is 5.28. The molecule has 0 radical (unpaired) electrons. The fourth-order valence-corrected chi connectivity index (χ4v) is 4.34. The summed E-state index contributed by atoms with van der Waals surface area (Å²) in [7, 11) is 1.71. The second-order valence-electron chi connectivity index (χ2n) is 8.18. The lowest BCUT2D eigenvalue weighted by Gasteiger charge is -2.35. The van der Waals surface area contributed by atoms with Crippen molar-refractivity contribution in [3.63, 3.8) is 0 Å². The lowest BCUT2D eigenvalue weighted by Crippen LogP contribution is -2.39. The van der Waals surface area contributed by atoms with Crippen LogP contribution in [0.1, 0.15) is 42.6 Å². The minimum atomic E-state index is -0.153. The van der Waals surface area contributed by atoms with Gasteiger partial charge in [-0.05, 0) is 48.9 Å². The minimum Gasteiger partial charge on any atom is -0.497 e. The van der Waals surface area contributed by atoms with E-state index in [9.17, 15) is 5.11 Å². The van der Waals surface area contributed by atoms with E-state index in [2.05, 4.69) is 57.0 Å². The molecular formula is C25H31N3O2. The molecule has 1 aromatic heterocycles. The van der Waals surface area contributed by atoms with Crippen LogP contribution in [0.25, 0.3) is 0 Å². The summed E-state index contributed by atoms with van der Waals surface area (Å²) in [5.74, 6) is 1.96. The zero-order chi connectivity index (χ0) is 20.8. The van der Waals surface area contributed by atoms with Crippen molar-refractivity contribution in [2.45, 2.75) is 57.5 Å². The summed E-state index contributed by atoms with van der Waals surface area (Å²) < 4.78 is 7.66. The van der Waals surface area contributed by atoms with Crippen LogP contribution in [0.15, 0.2) is 67.0 Å². The van der Waals surface area contributed by atoms with E-state index in [1.807, 2.05) is 24.4 Å². The number of aliphatic hydroxyl groups is 1. The van der Waals surface area contributed by atoms with Crippen LogP contribution in [-0.2, 0) is 19.6 Å². The molecule has 1 aliphatic carbocycles. The molecular weight excluding hydrogens is 374 g/mol. The molecule has 3 aromatic rings. The van der Waals surface area contributed by atoms with Crippen LogP contribution in [0, 0.1) is 0 Å². The van der Waals surface area contributed by atoms with Crippen molar-refractivity contribution in [2.75, 3.05) is 7.11 Å². The summed E-state index contributed by atoms with van der Waals surface area (Å²) in [5.41, 5.74) is 2.51. The molecule has 0 saturated heterocycles. The molecule has 30 heavy (non-hydrogen) atoms. The SMILES string of the molecule is COc1cccc(CN(Cc2nccn2Cc2ccccc2)C2CCC(O)CC2)c1. The van der Waals surface area contributed by atoms with Crippen LogP contribution in [0.4, 0.5) is 0 Å². The Morgan fingerprint density at radius 2 is 1.77 bits per heavy atom. The molecule has 0 bridgehead atoms. The van der Waals surface area contributed by atoms with Gasteiger partial charge in [-0.25, -0.2) is 4.98 Å². The maximum atomic E-state index is 9.98. The first-order valence-corrected chi connectivity index (χ1v) is 10.8. The second-order valence-corrected chi connectivity index (χ2v) is 8.18. The zero-order valence-electron chi connectivity index (χ0n) is 17.7. The number of rotatable bonds is 8. The maximum absolute atomic E-state index is 9.98. The molecule has 1 saturated carbocycles. The molecule has 4 rings (SSSR count). The molecule has 5 nitrogen and oxygen atoms in total. The molecule has 0 amide bonds. The number of benzene rings is 2. The average molecular weight is 406 g/mol. The van der Waals surface area contributed by atoms with Crippen molar-refractivity contribution in [3.8, 4) is 5.75 Å². The Balaban J connectivity index is 1.53. The van der Waals surface area contributed by atoms with Gasteiger partial charge in [0, 0.05) is 31.5 Å². The quantitative estimate of drug-likeness (QED) is 0.609. The third-order valence-corrected chi connectivity index (χ3v) is 6.04. The van der Waals surface area contributed by atoms with Crippen molar-refractivity contribution < 1.29 is 9.84 Å². The van der Waals surface area contributed by atoms with E-state index in [0.29, 0.717) is 6.04 Å². The van der Waals surface area contributed by atoms with Crippen molar-refractivity contribution in [2.24, 2.45) is 0 Å². The van der Waals surface area contributed by atoms with E-state index in [0.717, 1.165) is 56.9 Å². The first-order valence-electron chi connectivity index (χ1n) is 10.8. The normalized spacial score (nSPS) is 19.2. The van der Waals surface area contributed by atoms with Crippen LogP contribution in [0.5, 0.6) is 5.75 Å². The van der Waals surface area contributed by atoms with Gasteiger partial charge in [0.2, 0.25) is 0 Å². The lowest BCUT2D eigenvalue weighted by atomic mass is 9.91. The molecule has 0 spiro atoms. The summed E-state index contributed by atoms with van der Waals surface area (Å²) in [6.45, 7) is 2.46. The molecule has 1 fully saturated rings. The average Bonchev–Trinajstić information content (AvgIpc) is 3.21. The Morgan fingerprint density at radius 3 is 2.53 bits per heavy atom. The van der Waals surface area contributed by atoms with Gasteiger partial charge in [0.15, 0.2) is 0 Å². The third kappa shape index (κ3) is 5.29. The monoisotopic (exact) mass is 405 g/mol. The number of hydrogen-bond acceptors (Lipinski definition) is 4. The van der Waals surface area contributed by atoms with E-state index in [-0.39, 0.29) is 6.10 Å². The molecule has 1 N–H and O–H groups in total. The Bertz CT molecular complexity index is 917. The van der Waals surface area contributed by atoms with Gasteiger partial charge in [-0.1, -0.05) is 42.5 Å². The fourth-order valence-electron chi connectivity index (χ4n) is 4.34. The van der Waals surface area contributed by atoms with Crippen molar-refractivity contribution in [1.82, 2.24) is 14.5 Å². The molecule has 1 heterocycles. The largest absolute Gasteiger partial charge is 0.497 e. The Labute approximate surface area is 178 Å². The summed E-state index contributed by atoms with van der Waals surface area (Å²) in [6, 6.07) is 19.3. The molecule has 1 aliphatic rings. The van der Waals surface area contributed by atoms with Crippen LogP contribution >= 0.6 is 0 Å². The Kier molecular flexibility index (Phi) is 6.82. The number of aromatic nitrogens is 2. The van der Waals surface area contributed by atoms with E-state index in [1.54, 1.807) is 7.11 Å². The topological polar surface area (TPSA) is 50.5 Å². The third-order valence-electron chi connectivity index (χ3n) is 6.04. The fraction of sp³-hybridized carbons (Fsp3) is 0.400. The second kappa shape index (κ2) is 9.92. The molecule has 0 atom stereocenters. The summed E-state index contributed by atoms with van der Waals surface area (Å²) in [6.07, 6.45) is 7.59. The van der Waals surface area contributed by atoms with Gasteiger partial charge < -0.3 is 14.4 Å². The first-order chi connectivity index (χ1) is 14.7. The minimum absolute atomic E-state index is 0.153. The predicted octanol–water partition coefficient (Wildman–Crippen LogP) is 4.25. The highest BCUT2D eigenvalue weighted by Gasteiger charge is 2.26. The van der Waals surface area contributed by atoms with Crippen molar-refractivity contribution in [3.05, 3.63) is 83.9 Å². The molecule has 0 unspecified atom stereocenters. The number of aliphatic hydroxyl groups excluding tert-OH is 1. The first kappa shape index (κ1) is 20.6. The van der Waals surface area contributed by atoms with E-state index >= 15 is 0 Å². The predicted molar refractivity (Wildman–Crippen MR) is 118 cm³/mol. The van der Waals surface area contributed by atoms with Gasteiger partial charge in [-0.2, -0.15) is 0 Å². The molecule has 2 aromatic carbocycles. The van der Waals surface area contributed by atoms with Gasteiger partial charge >= 0.3 is 0 Å². The number of methoxy groups -OCH3 is 1. The van der Waals surface area contributed by atoms with Gasteiger partial charge in [0.1, 0.15) is 11.6 Å². The Morgan fingerprint density at radius 1 is 1.00 bits per heavy atom. The Hall–Kier alpha value is -2.63. The molecule has 158 valence electrons. The molecule has 0 aliphatic heterocycles. The summed E-state index contributed by atoms with van der Waals surface area (Å²) >= 11 is 0. The van der Waals surface area contributed by atoms with Crippen molar-refractivity contribution in [1.29, 1.82) is 0 Å². The van der Waals surface area contributed by atoms with Crippen LogP contribution in [0.2, 0.25) is 0 Å². The number of imidazole rings is 1. The molecule has 5 heteroatoms. The zero-order valence-corrected chi connectivity index (χ0v) is 17.7. The van der Waals surface area contributed by atoms with Crippen LogP contribution < -0.4 is 4.74 Å². The van der Waals surface area contributed by atoms with E-state index < -0.39 is 0 Å². The highest BCUT2D eigenvalue weighted by atomic mass is 16.5. The standard InChI is InChI=1S/C25H31N3O2/c1-30-24-9-5-8-21(16-24)18-28(22-10-12-23(29)13-11-22)19-25-26-14-15-27(25)17-20-6-3-2-4-7-20/h2-9,14-16,22-23,29H,10-13,17-19H2,1H3. The smallest absolute Gasteiger partial charge is 0.123 e. The highest BCUT2D eigenvalue weighted by Crippen LogP contribution is 2.27.